The molecule has 0 aliphatic heterocycles. The van der Waals surface area contributed by atoms with Crippen molar-refractivity contribution in [1.82, 2.24) is 5.32 Å². The highest BCUT2D eigenvalue weighted by molar-refractivity contribution is 5.77. The summed E-state index contributed by atoms with van der Waals surface area (Å²) in [6.45, 7) is 2.09. The second-order valence-corrected chi connectivity index (χ2v) is 5.35. The van der Waals surface area contributed by atoms with Crippen molar-refractivity contribution < 1.29 is 24.2 Å². The van der Waals surface area contributed by atoms with E-state index in [0.29, 0.717) is 24.3 Å². The van der Waals surface area contributed by atoms with Crippen LogP contribution in [0.3, 0.4) is 0 Å². The topological polar surface area (TPSA) is 84.9 Å². The molecule has 1 unspecified atom stereocenters. The van der Waals surface area contributed by atoms with Crippen molar-refractivity contribution in [2.45, 2.75) is 32.6 Å². The molecule has 6 heteroatoms. The number of amides is 1. The van der Waals surface area contributed by atoms with E-state index in [2.05, 4.69) is 5.32 Å². The lowest BCUT2D eigenvalue weighted by atomic mass is 10.0. The summed E-state index contributed by atoms with van der Waals surface area (Å²) < 4.78 is 10.4. The molecule has 0 saturated carbocycles. The van der Waals surface area contributed by atoms with Crippen LogP contribution in [0.5, 0.6) is 11.5 Å². The van der Waals surface area contributed by atoms with Gasteiger partial charge in [-0.1, -0.05) is 13.3 Å². The first-order valence-electron chi connectivity index (χ1n) is 7.71. The largest absolute Gasteiger partial charge is 0.497 e. The van der Waals surface area contributed by atoms with Gasteiger partial charge in [0, 0.05) is 19.0 Å². The van der Waals surface area contributed by atoms with E-state index in [0.717, 1.165) is 12.0 Å². The van der Waals surface area contributed by atoms with Crippen LogP contribution in [0.4, 0.5) is 0 Å². The highest BCUT2D eigenvalue weighted by Gasteiger charge is 2.17. The van der Waals surface area contributed by atoms with E-state index < -0.39 is 11.9 Å². The Morgan fingerprint density at radius 3 is 2.26 bits per heavy atom. The summed E-state index contributed by atoms with van der Waals surface area (Å²) in [7, 11) is 3.15. The number of hydrogen-bond acceptors (Lipinski definition) is 4. The molecule has 0 spiro atoms. The first-order valence-corrected chi connectivity index (χ1v) is 7.71. The van der Waals surface area contributed by atoms with Crippen LogP contribution in [-0.2, 0) is 16.0 Å². The summed E-state index contributed by atoms with van der Waals surface area (Å²) in [6, 6.07) is 5.48. The van der Waals surface area contributed by atoms with Crippen LogP contribution in [0.25, 0.3) is 0 Å². The number of aryl methyl sites for hydroxylation is 1. The highest BCUT2D eigenvalue weighted by Crippen LogP contribution is 2.23. The predicted molar refractivity (Wildman–Crippen MR) is 86.9 cm³/mol. The molecule has 0 bridgehead atoms. The van der Waals surface area contributed by atoms with E-state index in [1.807, 2.05) is 19.1 Å². The van der Waals surface area contributed by atoms with Gasteiger partial charge in [-0.15, -0.1) is 0 Å². The van der Waals surface area contributed by atoms with Crippen LogP contribution >= 0.6 is 0 Å². The third-order valence-corrected chi connectivity index (χ3v) is 3.58. The number of carbonyl (C=O) groups excluding carboxylic acids is 1. The van der Waals surface area contributed by atoms with Crippen LogP contribution in [0.15, 0.2) is 18.2 Å². The number of nitrogens with one attached hydrogen (secondary N) is 1. The fraction of sp³-hybridized carbons (Fsp3) is 0.529. The van der Waals surface area contributed by atoms with Gasteiger partial charge in [0.05, 0.1) is 20.1 Å². The lowest BCUT2D eigenvalue weighted by Crippen LogP contribution is -2.33. The van der Waals surface area contributed by atoms with E-state index in [1.165, 1.54) is 0 Å². The second kappa shape index (κ2) is 9.71. The van der Waals surface area contributed by atoms with Crippen molar-refractivity contribution in [3.63, 3.8) is 0 Å². The first-order chi connectivity index (χ1) is 11.0. The van der Waals surface area contributed by atoms with Crippen molar-refractivity contribution >= 4 is 11.9 Å². The molecule has 1 aromatic carbocycles. The number of carbonyl (C=O) groups is 2. The predicted octanol–water partition coefficient (Wildman–Crippen LogP) is 2.25. The molecule has 0 aliphatic rings. The van der Waals surface area contributed by atoms with Gasteiger partial charge in [-0.25, -0.2) is 0 Å². The Bertz CT molecular complexity index is 507. The van der Waals surface area contributed by atoms with Crippen molar-refractivity contribution in [2.75, 3.05) is 20.8 Å². The zero-order valence-electron chi connectivity index (χ0n) is 13.9. The summed E-state index contributed by atoms with van der Waals surface area (Å²) in [5, 5.41) is 11.8. The molecule has 1 atom stereocenters. The van der Waals surface area contributed by atoms with Gasteiger partial charge in [0.2, 0.25) is 5.91 Å². The lowest BCUT2D eigenvalue weighted by Gasteiger charge is -2.12. The smallest absolute Gasteiger partial charge is 0.308 e. The minimum Gasteiger partial charge on any atom is -0.497 e. The van der Waals surface area contributed by atoms with Crippen LogP contribution < -0.4 is 14.8 Å². The summed E-state index contributed by atoms with van der Waals surface area (Å²) in [6.07, 6.45) is 2.15. The number of benzene rings is 1. The molecule has 0 aromatic heterocycles. The van der Waals surface area contributed by atoms with E-state index >= 15 is 0 Å². The standard InChI is InChI=1S/C17H25NO5/c1-4-5-13(17(20)21)11-18-16(19)7-6-12-8-14(22-2)10-15(9-12)23-3/h8-10,13H,4-7,11H2,1-3H3,(H,18,19)(H,20,21). The van der Waals surface area contributed by atoms with Gasteiger partial charge in [-0.05, 0) is 30.5 Å². The lowest BCUT2D eigenvalue weighted by molar-refractivity contribution is -0.141. The molecule has 128 valence electrons. The second-order valence-electron chi connectivity index (χ2n) is 5.35. The SMILES string of the molecule is CCCC(CNC(=O)CCc1cc(OC)cc(OC)c1)C(=O)O. The zero-order valence-corrected chi connectivity index (χ0v) is 13.9. The molecule has 6 nitrogen and oxygen atoms in total. The van der Waals surface area contributed by atoms with Gasteiger partial charge in [-0.3, -0.25) is 9.59 Å². The number of hydrogen-bond donors (Lipinski definition) is 2. The molecule has 2 N–H and O–H groups in total. The Hall–Kier alpha value is -2.24. The summed E-state index contributed by atoms with van der Waals surface area (Å²) >= 11 is 0. The molecule has 1 rings (SSSR count). The maximum Gasteiger partial charge on any atom is 0.308 e. The molecule has 23 heavy (non-hydrogen) atoms. The fourth-order valence-corrected chi connectivity index (χ4v) is 2.26. The van der Waals surface area contributed by atoms with Crippen molar-refractivity contribution in [1.29, 1.82) is 0 Å². The van der Waals surface area contributed by atoms with E-state index in [9.17, 15) is 9.59 Å². The van der Waals surface area contributed by atoms with Crippen LogP contribution in [0, 0.1) is 5.92 Å². The Morgan fingerprint density at radius 1 is 1.17 bits per heavy atom. The quantitative estimate of drug-likeness (QED) is 0.690. The minimum atomic E-state index is -0.871. The minimum absolute atomic E-state index is 0.158. The summed E-state index contributed by atoms with van der Waals surface area (Å²) in [5.41, 5.74) is 0.930. The molecule has 0 fully saturated rings. The molecular formula is C17H25NO5. The number of ether oxygens (including phenoxy) is 2. The molecular weight excluding hydrogens is 298 g/mol. The monoisotopic (exact) mass is 323 g/mol. The Kier molecular flexibility index (Phi) is 7.94. The molecule has 0 heterocycles. The maximum absolute atomic E-state index is 11.9. The number of rotatable bonds is 10. The summed E-state index contributed by atoms with van der Waals surface area (Å²) in [5.74, 6) is -0.207. The van der Waals surface area contributed by atoms with Crippen molar-refractivity contribution in [3.05, 3.63) is 23.8 Å². The average molecular weight is 323 g/mol. The fourth-order valence-electron chi connectivity index (χ4n) is 2.26. The highest BCUT2D eigenvalue weighted by atomic mass is 16.5. The average Bonchev–Trinajstić information content (AvgIpc) is 2.55. The number of methoxy groups -OCH3 is 2. The van der Waals surface area contributed by atoms with E-state index in [1.54, 1.807) is 20.3 Å². The third kappa shape index (κ3) is 6.59. The van der Waals surface area contributed by atoms with Gasteiger partial charge in [-0.2, -0.15) is 0 Å². The van der Waals surface area contributed by atoms with Crippen LogP contribution in [-0.4, -0.2) is 37.7 Å². The number of carboxylic acid groups (broad SMARTS) is 1. The Morgan fingerprint density at radius 2 is 1.78 bits per heavy atom. The summed E-state index contributed by atoms with van der Waals surface area (Å²) in [4.78, 5) is 22.9. The number of carboxylic acids is 1. The molecule has 0 radical (unpaired) electrons. The van der Waals surface area contributed by atoms with Gasteiger partial charge in [0.1, 0.15) is 11.5 Å². The zero-order chi connectivity index (χ0) is 17.2. The first kappa shape index (κ1) is 18.8. The normalized spacial score (nSPS) is 11.6. The maximum atomic E-state index is 11.9. The molecule has 0 saturated heterocycles. The van der Waals surface area contributed by atoms with Gasteiger partial charge in [0.15, 0.2) is 0 Å². The number of aliphatic carboxylic acids is 1. The van der Waals surface area contributed by atoms with Gasteiger partial charge >= 0.3 is 5.97 Å². The van der Waals surface area contributed by atoms with Gasteiger partial charge in [0.25, 0.3) is 0 Å². The van der Waals surface area contributed by atoms with E-state index in [-0.39, 0.29) is 18.9 Å². The molecule has 1 amide bonds. The van der Waals surface area contributed by atoms with E-state index in [4.69, 9.17) is 14.6 Å². The van der Waals surface area contributed by atoms with Crippen molar-refractivity contribution in [2.24, 2.45) is 5.92 Å². The Labute approximate surface area is 136 Å². The van der Waals surface area contributed by atoms with Crippen molar-refractivity contribution in [3.8, 4) is 11.5 Å². The third-order valence-electron chi connectivity index (χ3n) is 3.58. The van der Waals surface area contributed by atoms with Gasteiger partial charge < -0.3 is 19.9 Å². The molecule has 1 aromatic rings. The molecule has 0 aliphatic carbocycles. The Balaban J connectivity index is 2.51. The van der Waals surface area contributed by atoms with Crippen LogP contribution in [0.1, 0.15) is 31.7 Å². The van der Waals surface area contributed by atoms with Crippen LogP contribution in [0.2, 0.25) is 0 Å².